The Morgan fingerprint density at radius 3 is 2.35 bits per heavy atom. The number of aliphatic hydroxyl groups is 1. The number of likely N-dealkylation sites (tertiary alicyclic amines) is 1. The number of alkyl halides is 3. The summed E-state index contributed by atoms with van der Waals surface area (Å²) in [5, 5.41) is 20.4. The fourth-order valence-electron chi connectivity index (χ4n) is 9.44. The Morgan fingerprint density at radius 2 is 1.66 bits per heavy atom. The Labute approximate surface area is 360 Å². The van der Waals surface area contributed by atoms with E-state index in [4.69, 9.17) is 4.98 Å². The van der Waals surface area contributed by atoms with Gasteiger partial charge in [-0.15, -0.1) is 11.3 Å². The highest BCUT2D eigenvalue weighted by Crippen LogP contribution is 2.42. The third-order valence-corrected chi connectivity index (χ3v) is 14.1. The number of amides is 5. The smallest absolute Gasteiger partial charge is 0.386 e. The van der Waals surface area contributed by atoms with Crippen molar-refractivity contribution in [1.29, 1.82) is 0 Å². The lowest BCUT2D eigenvalue weighted by atomic mass is 9.81. The predicted octanol–water partition coefficient (Wildman–Crippen LogP) is 7.33. The summed E-state index contributed by atoms with van der Waals surface area (Å²) in [5.41, 5.74) is -0.436. The SMILES string of the molecule is C[C@H](CNc1cccc2c1C(=O)N(C1CCC(=O)NC1=O)C2=O)C1CCN(CC2CCC(c3nc4cc(C(C)(C)O)c(NC(=O)c5cccc(C(F)(F)F)n5)cc4s3)CC2)CC1. The minimum absolute atomic E-state index is 0.0684. The van der Waals surface area contributed by atoms with Crippen molar-refractivity contribution in [2.24, 2.45) is 17.8 Å². The quantitative estimate of drug-likeness (QED) is 0.112. The lowest BCUT2D eigenvalue weighted by Gasteiger charge is -2.38. The number of imide groups is 2. The molecule has 2 saturated heterocycles. The first kappa shape index (κ1) is 43.4. The highest BCUT2D eigenvalue weighted by Gasteiger charge is 2.46. The van der Waals surface area contributed by atoms with Crippen molar-refractivity contribution in [3.63, 3.8) is 0 Å². The van der Waals surface area contributed by atoms with Gasteiger partial charge >= 0.3 is 6.18 Å². The molecule has 2 aromatic heterocycles. The highest BCUT2D eigenvalue weighted by atomic mass is 32.1. The fourth-order valence-corrected chi connectivity index (χ4v) is 10.6. The Balaban J connectivity index is 0.824. The molecule has 3 fully saturated rings. The average Bonchev–Trinajstić information content (AvgIpc) is 3.77. The maximum atomic E-state index is 13.5. The molecule has 4 aliphatic rings. The van der Waals surface area contributed by atoms with Gasteiger partial charge in [0, 0.05) is 42.4 Å². The van der Waals surface area contributed by atoms with Crippen LogP contribution in [0.15, 0.2) is 48.5 Å². The third-order valence-electron chi connectivity index (χ3n) is 13.0. The van der Waals surface area contributed by atoms with E-state index in [2.05, 4.69) is 32.8 Å². The first-order valence-corrected chi connectivity index (χ1v) is 22.1. The van der Waals surface area contributed by atoms with Crippen LogP contribution < -0.4 is 16.0 Å². The number of anilines is 2. The van der Waals surface area contributed by atoms with Gasteiger partial charge in [0.25, 0.3) is 17.7 Å². The molecule has 3 aliphatic heterocycles. The van der Waals surface area contributed by atoms with Crippen LogP contribution in [0.2, 0.25) is 0 Å². The Hall–Kier alpha value is -5.26. The molecule has 8 rings (SSSR count). The van der Waals surface area contributed by atoms with Gasteiger partial charge in [-0.3, -0.25) is 34.2 Å². The first-order chi connectivity index (χ1) is 29.4. The summed E-state index contributed by atoms with van der Waals surface area (Å²) in [4.78, 5) is 76.1. The molecule has 2 aromatic carbocycles. The number of rotatable bonds is 11. The van der Waals surface area contributed by atoms with Crippen LogP contribution in [0, 0.1) is 17.8 Å². The van der Waals surface area contributed by atoms with Gasteiger partial charge in [0.2, 0.25) is 11.8 Å². The van der Waals surface area contributed by atoms with Crippen LogP contribution in [0.3, 0.4) is 0 Å². The maximum absolute atomic E-state index is 13.5. The number of nitrogens with zero attached hydrogens (tertiary/aromatic N) is 4. The average molecular weight is 874 g/mol. The minimum atomic E-state index is -4.70. The lowest BCUT2D eigenvalue weighted by Crippen LogP contribution is -2.54. The van der Waals surface area contributed by atoms with Crippen LogP contribution in [0.1, 0.15) is 126 Å². The van der Waals surface area contributed by atoms with Crippen molar-refractivity contribution < 1.29 is 42.3 Å². The van der Waals surface area contributed by atoms with Crippen molar-refractivity contribution >= 4 is 62.5 Å². The zero-order valence-electron chi connectivity index (χ0n) is 34.8. The molecule has 62 heavy (non-hydrogen) atoms. The second-order valence-corrected chi connectivity index (χ2v) is 18.8. The molecule has 5 amide bonds. The molecular formula is C45H50F3N7O6S. The number of aromatic nitrogens is 2. The Bertz CT molecular complexity index is 2420. The number of thiazole rings is 1. The summed E-state index contributed by atoms with van der Waals surface area (Å²) in [6.07, 6.45) is 1.74. The van der Waals surface area contributed by atoms with Crippen molar-refractivity contribution in [2.75, 3.05) is 36.8 Å². The number of hydrogen-bond donors (Lipinski definition) is 4. The maximum Gasteiger partial charge on any atom is 0.433 e. The number of benzene rings is 2. The number of piperidine rings is 2. The monoisotopic (exact) mass is 873 g/mol. The molecule has 0 radical (unpaired) electrons. The van der Waals surface area contributed by atoms with Crippen molar-refractivity contribution in [3.8, 4) is 0 Å². The molecule has 5 heterocycles. The van der Waals surface area contributed by atoms with Crippen LogP contribution in [-0.2, 0) is 21.4 Å². The molecule has 4 aromatic rings. The van der Waals surface area contributed by atoms with E-state index >= 15 is 0 Å². The van der Waals surface area contributed by atoms with Crippen molar-refractivity contribution in [3.05, 3.63) is 81.6 Å². The molecule has 17 heteroatoms. The molecule has 0 bridgehead atoms. The number of fused-ring (bicyclic) bond motifs is 2. The van der Waals surface area contributed by atoms with Crippen LogP contribution in [0.25, 0.3) is 10.2 Å². The molecule has 13 nitrogen and oxygen atoms in total. The van der Waals surface area contributed by atoms with Crippen LogP contribution >= 0.6 is 11.3 Å². The van der Waals surface area contributed by atoms with Crippen LogP contribution in [-0.4, -0.2) is 86.6 Å². The highest BCUT2D eigenvalue weighted by molar-refractivity contribution is 7.18. The van der Waals surface area contributed by atoms with Crippen molar-refractivity contribution in [2.45, 2.75) is 95.9 Å². The first-order valence-electron chi connectivity index (χ1n) is 21.3. The molecule has 2 atom stereocenters. The molecule has 1 unspecified atom stereocenters. The van der Waals surface area contributed by atoms with Gasteiger partial charge in [-0.05, 0) is 126 Å². The standard InChI is InChI=1S/C45H50F3N7O6S/c1-24(22-49-30-7-4-6-28-38(30)43(60)55(42(28)59)34-14-15-37(56)53-40(34)58)26-16-18-54(19-17-26)23-25-10-12-27(13-11-25)41-52-33-20-29(44(2,3)61)32(21-35(33)62-41)51-39(57)31-8-5-9-36(50-31)45(46,47)48/h4-9,20-21,24-27,34,49,61H,10-19,22-23H2,1-3H3,(H,51,57)(H,53,56,58)/t24-,25?,27?,34?/m1/s1. The van der Waals surface area contributed by atoms with Gasteiger partial charge in [0.05, 0.1) is 32.0 Å². The van der Waals surface area contributed by atoms with E-state index < -0.39 is 53.0 Å². The molecule has 328 valence electrons. The Morgan fingerprint density at radius 1 is 0.935 bits per heavy atom. The topological polar surface area (TPSA) is 174 Å². The number of pyridine rings is 1. The summed E-state index contributed by atoms with van der Waals surface area (Å²) in [5.74, 6) is -1.23. The second-order valence-electron chi connectivity index (χ2n) is 17.7. The lowest BCUT2D eigenvalue weighted by molar-refractivity contribution is -0.141. The van der Waals surface area contributed by atoms with Crippen LogP contribution in [0.4, 0.5) is 24.5 Å². The normalized spacial score (nSPS) is 22.2. The molecule has 1 aliphatic carbocycles. The van der Waals surface area contributed by atoms with Gasteiger partial charge in [0.1, 0.15) is 17.4 Å². The third kappa shape index (κ3) is 8.97. The van der Waals surface area contributed by atoms with Gasteiger partial charge < -0.3 is 20.6 Å². The molecule has 4 N–H and O–H groups in total. The second kappa shape index (κ2) is 17.1. The van der Waals surface area contributed by atoms with E-state index in [0.717, 1.165) is 84.9 Å². The summed E-state index contributed by atoms with van der Waals surface area (Å²) in [6, 6.07) is 10.8. The van der Waals surface area contributed by atoms with E-state index in [1.165, 1.54) is 17.4 Å². The van der Waals surface area contributed by atoms with E-state index in [0.29, 0.717) is 41.1 Å². The zero-order valence-corrected chi connectivity index (χ0v) is 35.6. The zero-order chi connectivity index (χ0) is 44.1. The van der Waals surface area contributed by atoms with Crippen molar-refractivity contribution in [1.82, 2.24) is 25.1 Å². The van der Waals surface area contributed by atoms with Gasteiger partial charge in [0.15, 0.2) is 0 Å². The Kier molecular flexibility index (Phi) is 12.0. The number of hydrogen-bond acceptors (Lipinski definition) is 11. The molecule has 1 saturated carbocycles. The van der Waals surface area contributed by atoms with Gasteiger partial charge in [-0.2, -0.15) is 13.2 Å². The number of nitrogens with one attached hydrogen (secondary N) is 3. The summed E-state index contributed by atoms with van der Waals surface area (Å²) in [7, 11) is 0. The van der Waals surface area contributed by atoms with E-state index in [-0.39, 0.29) is 41.3 Å². The number of halogens is 3. The van der Waals surface area contributed by atoms with Gasteiger partial charge in [-0.1, -0.05) is 19.1 Å². The number of carbonyl (C=O) groups excluding carboxylic acids is 5. The van der Waals surface area contributed by atoms with E-state index in [9.17, 15) is 42.3 Å². The fraction of sp³-hybridized carbons (Fsp3) is 0.489. The summed E-state index contributed by atoms with van der Waals surface area (Å²) in [6.45, 7) is 9.05. The number of carbonyl (C=O) groups is 5. The van der Waals surface area contributed by atoms with Crippen LogP contribution in [0.5, 0.6) is 0 Å². The van der Waals surface area contributed by atoms with E-state index in [1.807, 2.05) is 0 Å². The van der Waals surface area contributed by atoms with Gasteiger partial charge in [-0.25, -0.2) is 9.97 Å². The largest absolute Gasteiger partial charge is 0.433 e. The van der Waals surface area contributed by atoms with E-state index in [1.54, 1.807) is 44.2 Å². The minimum Gasteiger partial charge on any atom is -0.386 e. The predicted molar refractivity (Wildman–Crippen MR) is 227 cm³/mol. The summed E-state index contributed by atoms with van der Waals surface area (Å²) < 4.78 is 40.6. The molecule has 0 spiro atoms. The molecular weight excluding hydrogens is 824 g/mol. The summed E-state index contributed by atoms with van der Waals surface area (Å²) >= 11 is 1.54.